The minimum absolute atomic E-state index is 0.158. The molecule has 20 heavy (non-hydrogen) atoms. The van der Waals surface area contributed by atoms with Crippen LogP contribution in [0.25, 0.3) is 0 Å². The largest absolute Gasteiger partial charge is 0.434 e. The Morgan fingerprint density at radius 3 is 2.85 bits per heavy atom. The van der Waals surface area contributed by atoms with E-state index in [9.17, 15) is 4.79 Å². The van der Waals surface area contributed by atoms with Crippen molar-refractivity contribution in [2.24, 2.45) is 0 Å². The number of thioether (sulfide) groups is 1. The molecule has 3 nitrogen and oxygen atoms in total. The first kappa shape index (κ1) is 15.4. The summed E-state index contributed by atoms with van der Waals surface area (Å²) in [6.45, 7) is 4.73. The molecule has 0 aliphatic carbocycles. The Hall–Kier alpha value is -1.00. The molecule has 0 unspecified atom stereocenters. The number of carbonyl (C=O) groups is 1. The first-order chi connectivity index (χ1) is 9.69. The molecule has 110 valence electrons. The van der Waals surface area contributed by atoms with E-state index in [1.165, 1.54) is 10.5 Å². The Morgan fingerprint density at radius 1 is 1.40 bits per heavy atom. The van der Waals surface area contributed by atoms with Crippen LogP contribution in [0.5, 0.6) is 0 Å². The highest BCUT2D eigenvalue weighted by Gasteiger charge is 2.30. The number of aryl methyl sites for hydroxylation is 1. The normalized spacial score (nSPS) is 22.5. The summed E-state index contributed by atoms with van der Waals surface area (Å²) < 4.78 is 11.1. The van der Waals surface area contributed by atoms with Gasteiger partial charge in [0.2, 0.25) is 6.29 Å². The Kier molecular flexibility index (Phi) is 5.92. The molecule has 1 heterocycles. The summed E-state index contributed by atoms with van der Waals surface area (Å²) in [4.78, 5) is 12.8. The fraction of sp³-hybridized carbons (Fsp3) is 0.562. The van der Waals surface area contributed by atoms with Crippen LogP contribution in [0.3, 0.4) is 0 Å². The van der Waals surface area contributed by atoms with Crippen molar-refractivity contribution in [1.82, 2.24) is 0 Å². The summed E-state index contributed by atoms with van der Waals surface area (Å²) in [5, 5.41) is 0.187. The van der Waals surface area contributed by atoms with E-state index in [0.29, 0.717) is 13.0 Å². The second kappa shape index (κ2) is 7.70. The van der Waals surface area contributed by atoms with Gasteiger partial charge in [-0.3, -0.25) is 4.79 Å². The minimum atomic E-state index is -0.408. The van der Waals surface area contributed by atoms with E-state index < -0.39 is 6.29 Å². The topological polar surface area (TPSA) is 35.5 Å². The quantitative estimate of drug-likeness (QED) is 0.771. The lowest BCUT2D eigenvalue weighted by molar-refractivity contribution is -0.184. The van der Waals surface area contributed by atoms with Crippen molar-refractivity contribution >= 4 is 17.7 Å². The van der Waals surface area contributed by atoms with E-state index in [-0.39, 0.29) is 11.2 Å². The van der Waals surface area contributed by atoms with Gasteiger partial charge in [0.15, 0.2) is 0 Å². The van der Waals surface area contributed by atoms with Crippen LogP contribution in [0.1, 0.15) is 38.2 Å². The zero-order chi connectivity index (χ0) is 14.4. The summed E-state index contributed by atoms with van der Waals surface area (Å²) in [6.07, 6.45) is 2.89. The van der Waals surface area contributed by atoms with Gasteiger partial charge in [-0.05, 0) is 38.3 Å². The van der Waals surface area contributed by atoms with E-state index >= 15 is 0 Å². The number of carbonyl (C=O) groups excluding carboxylic acids is 1. The summed E-state index contributed by atoms with van der Waals surface area (Å²) in [6, 6.07) is 8.42. The van der Waals surface area contributed by atoms with Gasteiger partial charge in [0, 0.05) is 11.3 Å². The number of rotatable bonds is 5. The molecule has 0 amide bonds. The van der Waals surface area contributed by atoms with Gasteiger partial charge >= 0.3 is 5.97 Å². The zero-order valence-electron chi connectivity index (χ0n) is 12.1. The van der Waals surface area contributed by atoms with Crippen molar-refractivity contribution in [1.29, 1.82) is 0 Å². The maximum atomic E-state index is 11.6. The second-order valence-corrected chi connectivity index (χ2v) is 6.40. The number of esters is 1. The summed E-state index contributed by atoms with van der Waals surface area (Å²) in [5.41, 5.74) is 1.25. The average molecular weight is 294 g/mol. The molecule has 1 aliphatic rings. The summed E-state index contributed by atoms with van der Waals surface area (Å²) in [7, 11) is 0. The highest BCUT2D eigenvalue weighted by molar-refractivity contribution is 8.00. The lowest BCUT2D eigenvalue weighted by Crippen LogP contribution is -2.36. The molecule has 0 aromatic heterocycles. The van der Waals surface area contributed by atoms with Crippen LogP contribution in [-0.2, 0) is 14.3 Å². The molecule has 0 spiro atoms. The second-order valence-electron chi connectivity index (χ2n) is 5.09. The van der Waals surface area contributed by atoms with E-state index in [1.807, 2.05) is 6.92 Å². The Labute approximate surface area is 125 Å². The number of ether oxygens (including phenoxy) is 2. The van der Waals surface area contributed by atoms with Gasteiger partial charge in [-0.1, -0.05) is 24.6 Å². The first-order valence-corrected chi connectivity index (χ1v) is 8.11. The molecule has 1 aliphatic heterocycles. The maximum absolute atomic E-state index is 11.6. The van der Waals surface area contributed by atoms with Crippen LogP contribution < -0.4 is 0 Å². The smallest absolute Gasteiger partial charge is 0.308 e. The fourth-order valence-electron chi connectivity index (χ4n) is 2.14. The van der Waals surface area contributed by atoms with E-state index in [4.69, 9.17) is 9.47 Å². The van der Waals surface area contributed by atoms with Crippen molar-refractivity contribution in [3.8, 4) is 0 Å². The monoisotopic (exact) mass is 294 g/mol. The lowest BCUT2D eigenvalue weighted by Gasteiger charge is -2.30. The van der Waals surface area contributed by atoms with Crippen LogP contribution in [0.4, 0.5) is 0 Å². The lowest BCUT2D eigenvalue weighted by atomic mass is 10.2. The highest BCUT2D eigenvalue weighted by Crippen LogP contribution is 2.33. The molecule has 0 N–H and O–H groups in total. The third kappa shape index (κ3) is 4.53. The number of hydrogen-bond donors (Lipinski definition) is 0. The van der Waals surface area contributed by atoms with Gasteiger partial charge in [0.25, 0.3) is 0 Å². The van der Waals surface area contributed by atoms with Gasteiger partial charge in [-0.25, -0.2) is 0 Å². The zero-order valence-corrected chi connectivity index (χ0v) is 12.9. The van der Waals surface area contributed by atoms with Gasteiger partial charge in [0.1, 0.15) is 0 Å². The van der Waals surface area contributed by atoms with Crippen molar-refractivity contribution in [2.75, 3.05) is 6.61 Å². The first-order valence-electron chi connectivity index (χ1n) is 7.23. The van der Waals surface area contributed by atoms with Gasteiger partial charge in [-0.15, -0.1) is 11.8 Å². The van der Waals surface area contributed by atoms with Crippen LogP contribution in [0.2, 0.25) is 0 Å². The molecule has 1 aromatic carbocycles. The molecule has 1 aromatic rings. The Balaban J connectivity index is 1.95. The third-order valence-electron chi connectivity index (χ3n) is 3.23. The van der Waals surface area contributed by atoms with E-state index in [0.717, 1.165) is 19.3 Å². The number of benzene rings is 1. The van der Waals surface area contributed by atoms with Crippen molar-refractivity contribution < 1.29 is 14.3 Å². The highest BCUT2D eigenvalue weighted by atomic mass is 32.2. The maximum Gasteiger partial charge on any atom is 0.308 e. The van der Waals surface area contributed by atoms with Crippen LogP contribution >= 0.6 is 11.8 Å². The van der Waals surface area contributed by atoms with Crippen LogP contribution in [0, 0.1) is 6.92 Å². The molecule has 1 saturated heterocycles. The predicted molar refractivity (Wildman–Crippen MR) is 80.8 cm³/mol. The molecular weight excluding hydrogens is 272 g/mol. The Bertz CT molecular complexity index is 430. The van der Waals surface area contributed by atoms with Crippen LogP contribution in [0.15, 0.2) is 29.2 Å². The van der Waals surface area contributed by atoms with Crippen LogP contribution in [-0.4, -0.2) is 24.1 Å². The van der Waals surface area contributed by atoms with Crippen molar-refractivity contribution in [2.45, 2.75) is 56.0 Å². The van der Waals surface area contributed by atoms with Crippen molar-refractivity contribution in [3.63, 3.8) is 0 Å². The fourth-order valence-corrected chi connectivity index (χ4v) is 3.31. The van der Waals surface area contributed by atoms with Gasteiger partial charge in [0.05, 0.1) is 11.9 Å². The molecule has 2 rings (SSSR count). The molecule has 0 saturated carbocycles. The Morgan fingerprint density at radius 2 is 2.15 bits per heavy atom. The predicted octanol–water partition coefficient (Wildman–Crippen LogP) is 3.94. The third-order valence-corrected chi connectivity index (χ3v) is 4.53. The molecule has 2 atom stereocenters. The molecule has 0 bridgehead atoms. The van der Waals surface area contributed by atoms with Gasteiger partial charge < -0.3 is 9.47 Å². The average Bonchev–Trinajstić information content (AvgIpc) is 2.44. The summed E-state index contributed by atoms with van der Waals surface area (Å²) >= 11 is 1.74. The van der Waals surface area contributed by atoms with E-state index in [2.05, 4.69) is 31.2 Å². The van der Waals surface area contributed by atoms with Gasteiger partial charge in [-0.2, -0.15) is 0 Å². The standard InChI is InChI=1S/C16H22O3S/c1-3-5-15(17)19-16-14(6-4-11-18-16)20-13-9-7-12(2)8-10-13/h7-10,14,16H,3-6,11H2,1-2H3/t14-,16-/m1/s1. The SMILES string of the molecule is CCCC(=O)O[C@H]1OCCC[C@H]1Sc1ccc(C)cc1. The van der Waals surface area contributed by atoms with E-state index in [1.54, 1.807) is 11.8 Å². The molecule has 1 fully saturated rings. The number of hydrogen-bond acceptors (Lipinski definition) is 4. The minimum Gasteiger partial charge on any atom is -0.434 e. The van der Waals surface area contributed by atoms with Crippen molar-refractivity contribution in [3.05, 3.63) is 29.8 Å². The molecule has 0 radical (unpaired) electrons. The molecule has 4 heteroatoms. The summed E-state index contributed by atoms with van der Waals surface area (Å²) in [5.74, 6) is -0.158. The molecular formula is C16H22O3S.